The van der Waals surface area contributed by atoms with Crippen LogP contribution in [0.2, 0.25) is 0 Å². The Hall–Kier alpha value is -2.68. The molecule has 2 aromatic rings. The first-order chi connectivity index (χ1) is 9.38. The van der Waals surface area contributed by atoms with Gasteiger partial charge in [0.05, 0.1) is 5.56 Å². The summed E-state index contributed by atoms with van der Waals surface area (Å²) in [5.74, 6) is -1.98. The largest absolute Gasteiger partial charge is 0.478 e. The molecule has 0 aliphatic rings. The fourth-order valence-electron chi connectivity index (χ4n) is 1.51. The van der Waals surface area contributed by atoms with E-state index in [0.29, 0.717) is 4.88 Å². The van der Waals surface area contributed by atoms with Crippen LogP contribution < -0.4 is 16.6 Å². The molecule has 2 aromatic heterocycles. The van der Waals surface area contributed by atoms with Crippen molar-refractivity contribution < 1.29 is 14.7 Å². The van der Waals surface area contributed by atoms with E-state index in [4.69, 9.17) is 5.11 Å². The number of hydrogen-bond acceptors (Lipinski definition) is 5. The minimum Gasteiger partial charge on any atom is -0.478 e. The summed E-state index contributed by atoms with van der Waals surface area (Å²) >= 11 is 1.08. The highest BCUT2D eigenvalue weighted by Gasteiger charge is 2.18. The van der Waals surface area contributed by atoms with Gasteiger partial charge in [-0.15, -0.1) is 11.3 Å². The molecule has 0 bridgehead atoms. The van der Waals surface area contributed by atoms with Crippen LogP contribution in [0.15, 0.2) is 21.9 Å². The molecule has 0 radical (unpaired) electrons. The first-order valence-corrected chi connectivity index (χ1v) is 6.17. The van der Waals surface area contributed by atoms with E-state index in [0.717, 1.165) is 17.5 Å². The third kappa shape index (κ3) is 2.67. The zero-order valence-corrected chi connectivity index (χ0v) is 11.0. The van der Waals surface area contributed by atoms with Crippen molar-refractivity contribution in [2.75, 3.05) is 5.32 Å². The Labute approximate surface area is 115 Å². The van der Waals surface area contributed by atoms with Gasteiger partial charge in [-0.1, -0.05) is 0 Å². The van der Waals surface area contributed by atoms with E-state index < -0.39 is 23.1 Å². The van der Waals surface area contributed by atoms with Gasteiger partial charge < -0.3 is 15.4 Å². The quantitative estimate of drug-likeness (QED) is 0.650. The predicted molar refractivity (Wildman–Crippen MR) is 71.7 cm³/mol. The van der Waals surface area contributed by atoms with E-state index in [1.165, 1.54) is 6.07 Å². The molecule has 0 atom stereocenters. The van der Waals surface area contributed by atoms with Crippen LogP contribution >= 0.6 is 11.3 Å². The number of carboxylic acids is 1. The number of amides is 1. The van der Waals surface area contributed by atoms with Crippen LogP contribution in [0.3, 0.4) is 0 Å². The number of carbonyl (C=O) groups excluding carboxylic acids is 1. The molecular weight excluding hydrogens is 286 g/mol. The Bertz CT molecular complexity index is 801. The third-order valence-electron chi connectivity index (χ3n) is 2.38. The van der Waals surface area contributed by atoms with Crippen LogP contribution in [-0.4, -0.2) is 27.0 Å². The third-order valence-corrected chi connectivity index (χ3v) is 3.34. The Morgan fingerprint density at radius 1 is 1.30 bits per heavy atom. The average molecular weight is 295 g/mol. The van der Waals surface area contributed by atoms with Crippen LogP contribution in [0, 0.1) is 6.92 Å². The van der Waals surface area contributed by atoms with Crippen molar-refractivity contribution in [2.24, 2.45) is 0 Å². The van der Waals surface area contributed by atoms with E-state index in [2.05, 4.69) is 10.3 Å². The summed E-state index contributed by atoms with van der Waals surface area (Å²) < 4.78 is 0. The number of rotatable bonds is 3. The number of H-pyrrole nitrogens is 2. The van der Waals surface area contributed by atoms with Crippen molar-refractivity contribution in [2.45, 2.75) is 6.92 Å². The van der Waals surface area contributed by atoms with Crippen molar-refractivity contribution >= 4 is 28.2 Å². The first kappa shape index (κ1) is 13.7. The summed E-state index contributed by atoms with van der Waals surface area (Å²) in [7, 11) is 0. The van der Waals surface area contributed by atoms with Crippen molar-refractivity contribution in [3.63, 3.8) is 0 Å². The van der Waals surface area contributed by atoms with Gasteiger partial charge in [-0.3, -0.25) is 14.6 Å². The molecule has 0 fully saturated rings. The second-order valence-electron chi connectivity index (χ2n) is 3.84. The number of aryl methyl sites for hydroxylation is 1. The van der Waals surface area contributed by atoms with Gasteiger partial charge in [-0.05, 0) is 13.0 Å². The van der Waals surface area contributed by atoms with Gasteiger partial charge in [0.1, 0.15) is 10.6 Å². The number of aromatic carboxylic acids is 1. The summed E-state index contributed by atoms with van der Waals surface area (Å²) in [6.45, 7) is 1.69. The number of aromatic amines is 2. The molecule has 8 nitrogen and oxygen atoms in total. The fourth-order valence-corrected chi connectivity index (χ4v) is 2.41. The lowest BCUT2D eigenvalue weighted by molar-refractivity contribution is 0.0698. The molecule has 0 aromatic carbocycles. The van der Waals surface area contributed by atoms with Crippen LogP contribution in [-0.2, 0) is 0 Å². The van der Waals surface area contributed by atoms with Gasteiger partial charge in [-0.2, -0.15) is 0 Å². The molecule has 0 aliphatic carbocycles. The molecule has 0 saturated carbocycles. The van der Waals surface area contributed by atoms with E-state index >= 15 is 0 Å². The van der Waals surface area contributed by atoms with E-state index in [9.17, 15) is 19.2 Å². The molecule has 0 aliphatic heterocycles. The number of anilines is 1. The smallest absolute Gasteiger partial charge is 0.338 e. The summed E-state index contributed by atoms with van der Waals surface area (Å²) in [6, 6.07) is 1.42. The standard InChI is InChI=1S/C11H9N3O5S/c1-4-2-5(10(17)18)9(20-4)13-7(15)6-3-12-11(19)14-8(6)16/h2-3H,1H3,(H,13,15)(H,17,18)(H2,12,14,16,19). The summed E-state index contributed by atoms with van der Waals surface area (Å²) in [5.41, 5.74) is -1.95. The Balaban J connectivity index is 2.35. The van der Waals surface area contributed by atoms with Crippen molar-refractivity contribution in [3.8, 4) is 0 Å². The van der Waals surface area contributed by atoms with Crippen molar-refractivity contribution in [1.29, 1.82) is 0 Å². The SMILES string of the molecule is Cc1cc(C(=O)O)c(NC(=O)c2c[nH]c(=O)[nH]c2=O)s1. The minimum absolute atomic E-state index is 0.0540. The first-order valence-electron chi connectivity index (χ1n) is 5.35. The molecule has 104 valence electrons. The molecule has 1 amide bonds. The molecule has 0 spiro atoms. The van der Waals surface area contributed by atoms with Gasteiger partial charge in [-0.25, -0.2) is 9.59 Å². The molecule has 2 heterocycles. The number of carbonyl (C=O) groups is 2. The topological polar surface area (TPSA) is 132 Å². The fraction of sp³-hybridized carbons (Fsp3) is 0.0909. The normalized spacial score (nSPS) is 10.2. The highest BCUT2D eigenvalue weighted by atomic mass is 32.1. The molecule has 20 heavy (non-hydrogen) atoms. The zero-order chi connectivity index (χ0) is 14.9. The van der Waals surface area contributed by atoms with Gasteiger partial charge in [0.15, 0.2) is 0 Å². The van der Waals surface area contributed by atoms with Crippen LogP contribution in [0.4, 0.5) is 5.00 Å². The molecule has 4 N–H and O–H groups in total. The highest BCUT2D eigenvalue weighted by Crippen LogP contribution is 2.27. The van der Waals surface area contributed by atoms with Crippen LogP contribution in [0.25, 0.3) is 0 Å². The number of carboxylic acid groups (broad SMARTS) is 1. The van der Waals surface area contributed by atoms with Gasteiger partial charge >= 0.3 is 11.7 Å². The Kier molecular flexibility index (Phi) is 3.53. The van der Waals surface area contributed by atoms with E-state index in [1.54, 1.807) is 6.92 Å². The van der Waals surface area contributed by atoms with E-state index in [1.807, 2.05) is 4.98 Å². The molecular formula is C11H9N3O5S. The molecule has 9 heteroatoms. The maximum atomic E-state index is 11.9. The minimum atomic E-state index is -1.18. The van der Waals surface area contributed by atoms with Crippen LogP contribution in [0.1, 0.15) is 25.6 Å². The van der Waals surface area contributed by atoms with Crippen molar-refractivity contribution in [1.82, 2.24) is 9.97 Å². The average Bonchev–Trinajstić information content (AvgIpc) is 2.70. The van der Waals surface area contributed by atoms with Crippen molar-refractivity contribution in [3.05, 3.63) is 49.1 Å². The Morgan fingerprint density at radius 3 is 2.60 bits per heavy atom. The maximum absolute atomic E-state index is 11.9. The highest BCUT2D eigenvalue weighted by molar-refractivity contribution is 7.16. The summed E-state index contributed by atoms with van der Waals surface area (Å²) in [6.07, 6.45) is 0.970. The summed E-state index contributed by atoms with van der Waals surface area (Å²) in [4.78, 5) is 50.0. The molecule has 0 saturated heterocycles. The zero-order valence-electron chi connectivity index (χ0n) is 10.1. The lowest BCUT2D eigenvalue weighted by Gasteiger charge is -2.02. The molecule has 0 unspecified atom stereocenters. The molecule has 2 rings (SSSR count). The number of nitrogens with one attached hydrogen (secondary N) is 3. The number of thiophene rings is 1. The number of hydrogen-bond donors (Lipinski definition) is 4. The van der Waals surface area contributed by atoms with E-state index in [-0.39, 0.29) is 16.1 Å². The second kappa shape index (κ2) is 5.13. The predicted octanol–water partition coefficient (Wildman–Crippen LogP) is 0.384. The lowest BCUT2D eigenvalue weighted by atomic mass is 10.2. The number of aromatic nitrogens is 2. The lowest BCUT2D eigenvalue weighted by Crippen LogP contribution is -2.29. The van der Waals surface area contributed by atoms with Gasteiger partial charge in [0, 0.05) is 11.1 Å². The summed E-state index contributed by atoms with van der Waals surface area (Å²) in [5, 5.41) is 11.5. The van der Waals surface area contributed by atoms with Crippen LogP contribution in [0.5, 0.6) is 0 Å². The second-order valence-corrected chi connectivity index (χ2v) is 5.10. The Morgan fingerprint density at radius 2 is 2.00 bits per heavy atom. The monoisotopic (exact) mass is 295 g/mol. The van der Waals surface area contributed by atoms with Gasteiger partial charge in [0.2, 0.25) is 0 Å². The maximum Gasteiger partial charge on any atom is 0.338 e. The van der Waals surface area contributed by atoms with Gasteiger partial charge in [0.25, 0.3) is 11.5 Å².